The first-order chi connectivity index (χ1) is 7.81. The largest absolute Gasteiger partial charge is 0.481 e. The molecule has 0 aromatic rings. The first-order valence-electron chi connectivity index (χ1n) is 5.75. The van der Waals surface area contributed by atoms with Crippen LogP contribution in [0.3, 0.4) is 0 Å². The molecule has 0 aromatic heterocycles. The third kappa shape index (κ3) is 3.43. The van der Waals surface area contributed by atoms with Gasteiger partial charge in [0.2, 0.25) is 0 Å². The van der Waals surface area contributed by atoms with Crippen LogP contribution in [0.2, 0.25) is 0 Å². The summed E-state index contributed by atoms with van der Waals surface area (Å²) in [5.41, 5.74) is -1.32. The number of methoxy groups -OCH3 is 1. The van der Waals surface area contributed by atoms with E-state index in [1.165, 1.54) is 7.11 Å². The van der Waals surface area contributed by atoms with Crippen LogP contribution in [0.25, 0.3) is 0 Å². The summed E-state index contributed by atoms with van der Waals surface area (Å²) in [5, 5.41) is 9.40. The summed E-state index contributed by atoms with van der Waals surface area (Å²) in [4.78, 5) is 22.6. The maximum Gasteiger partial charge on any atom is 0.309 e. The van der Waals surface area contributed by atoms with Crippen molar-refractivity contribution in [1.82, 2.24) is 0 Å². The number of rotatable bonds is 4. The smallest absolute Gasteiger partial charge is 0.309 e. The molecule has 0 spiro atoms. The number of ether oxygens (including phenoxy) is 2. The quantitative estimate of drug-likeness (QED) is 0.760. The van der Waals surface area contributed by atoms with Gasteiger partial charge in [0.05, 0.1) is 18.1 Å². The fourth-order valence-corrected chi connectivity index (χ4v) is 2.42. The van der Waals surface area contributed by atoms with Crippen LogP contribution in [0.1, 0.15) is 39.5 Å². The molecule has 1 N–H and O–H groups in total. The summed E-state index contributed by atoms with van der Waals surface area (Å²) < 4.78 is 10.1. The van der Waals surface area contributed by atoms with Crippen molar-refractivity contribution in [2.24, 2.45) is 5.41 Å². The van der Waals surface area contributed by atoms with E-state index in [9.17, 15) is 14.7 Å². The van der Waals surface area contributed by atoms with Crippen molar-refractivity contribution in [1.29, 1.82) is 0 Å². The normalized spacial score (nSPS) is 27.5. The monoisotopic (exact) mass is 244 g/mol. The Morgan fingerprint density at radius 1 is 1.41 bits per heavy atom. The lowest BCUT2D eigenvalue weighted by Crippen LogP contribution is -2.46. The Balaban J connectivity index is 2.75. The SMILES string of the molecule is COC(=O)CC[C@@]1(C(=O)O)CCOC(C)(C)C1. The molecular weight excluding hydrogens is 224 g/mol. The molecule has 1 saturated heterocycles. The van der Waals surface area contributed by atoms with Crippen molar-refractivity contribution in [3.63, 3.8) is 0 Å². The number of carbonyl (C=O) groups excluding carboxylic acids is 1. The van der Waals surface area contributed by atoms with Crippen molar-refractivity contribution in [2.45, 2.75) is 45.1 Å². The van der Waals surface area contributed by atoms with Gasteiger partial charge in [-0.15, -0.1) is 0 Å². The zero-order valence-corrected chi connectivity index (χ0v) is 10.6. The van der Waals surface area contributed by atoms with Gasteiger partial charge in [0.15, 0.2) is 0 Å². The highest BCUT2D eigenvalue weighted by Gasteiger charge is 2.46. The Morgan fingerprint density at radius 3 is 2.53 bits per heavy atom. The zero-order valence-electron chi connectivity index (χ0n) is 10.6. The Morgan fingerprint density at radius 2 is 2.06 bits per heavy atom. The Kier molecular flexibility index (Phi) is 4.14. The van der Waals surface area contributed by atoms with Crippen LogP contribution in [0.5, 0.6) is 0 Å². The summed E-state index contributed by atoms with van der Waals surface area (Å²) in [6.07, 6.45) is 1.32. The molecule has 0 unspecified atom stereocenters. The van der Waals surface area contributed by atoms with Gasteiger partial charge in [-0.05, 0) is 33.1 Å². The van der Waals surface area contributed by atoms with E-state index in [2.05, 4.69) is 4.74 Å². The molecule has 0 aromatic carbocycles. The van der Waals surface area contributed by atoms with E-state index in [4.69, 9.17) is 4.74 Å². The first-order valence-corrected chi connectivity index (χ1v) is 5.75. The summed E-state index contributed by atoms with van der Waals surface area (Å²) in [6.45, 7) is 4.17. The predicted molar refractivity (Wildman–Crippen MR) is 60.6 cm³/mol. The standard InChI is InChI=1S/C12H20O5/c1-11(2)8-12(10(14)15,6-7-17-11)5-4-9(13)16-3/h4-8H2,1-3H3,(H,14,15)/t12-/m1/s1. The lowest BCUT2D eigenvalue weighted by Gasteiger charge is -2.42. The molecule has 0 radical (unpaired) electrons. The molecule has 5 heteroatoms. The second-order valence-corrected chi connectivity index (χ2v) is 5.20. The number of hydrogen-bond donors (Lipinski definition) is 1. The number of carboxylic acid groups (broad SMARTS) is 1. The third-order valence-corrected chi connectivity index (χ3v) is 3.33. The number of esters is 1. The summed E-state index contributed by atoms with van der Waals surface area (Å²) >= 11 is 0. The predicted octanol–water partition coefficient (Wildman–Crippen LogP) is 1.60. The van der Waals surface area contributed by atoms with Gasteiger partial charge in [-0.2, -0.15) is 0 Å². The third-order valence-electron chi connectivity index (χ3n) is 3.33. The van der Waals surface area contributed by atoms with E-state index in [0.717, 1.165) is 0 Å². The van der Waals surface area contributed by atoms with Crippen LogP contribution < -0.4 is 0 Å². The molecule has 0 amide bonds. The first kappa shape index (κ1) is 14.0. The van der Waals surface area contributed by atoms with Gasteiger partial charge < -0.3 is 14.6 Å². The lowest BCUT2D eigenvalue weighted by atomic mass is 9.71. The molecule has 1 rings (SSSR count). The summed E-state index contributed by atoms with van der Waals surface area (Å²) in [6, 6.07) is 0. The molecule has 0 bridgehead atoms. The molecule has 17 heavy (non-hydrogen) atoms. The maximum atomic E-state index is 11.5. The van der Waals surface area contributed by atoms with Crippen molar-refractivity contribution in [3.05, 3.63) is 0 Å². The Labute approximate surface area is 101 Å². The average molecular weight is 244 g/mol. The van der Waals surface area contributed by atoms with Crippen molar-refractivity contribution < 1.29 is 24.2 Å². The maximum absolute atomic E-state index is 11.5. The van der Waals surface area contributed by atoms with Crippen LogP contribution in [0.4, 0.5) is 0 Å². The van der Waals surface area contributed by atoms with Gasteiger partial charge in [-0.3, -0.25) is 9.59 Å². The molecule has 0 saturated carbocycles. The summed E-state index contributed by atoms with van der Waals surface area (Å²) in [7, 11) is 1.31. The lowest BCUT2D eigenvalue weighted by molar-refractivity contribution is -0.169. The van der Waals surface area contributed by atoms with E-state index in [-0.39, 0.29) is 12.4 Å². The van der Waals surface area contributed by atoms with E-state index < -0.39 is 17.0 Å². The van der Waals surface area contributed by atoms with Crippen molar-refractivity contribution in [2.75, 3.05) is 13.7 Å². The molecule has 1 aliphatic heterocycles. The van der Waals surface area contributed by atoms with Crippen LogP contribution in [-0.2, 0) is 19.1 Å². The second kappa shape index (κ2) is 5.04. The van der Waals surface area contributed by atoms with Crippen LogP contribution in [0.15, 0.2) is 0 Å². The van der Waals surface area contributed by atoms with Crippen molar-refractivity contribution >= 4 is 11.9 Å². The van der Waals surface area contributed by atoms with E-state index in [1.54, 1.807) is 0 Å². The number of hydrogen-bond acceptors (Lipinski definition) is 4. The van der Waals surface area contributed by atoms with Crippen LogP contribution in [-0.4, -0.2) is 36.4 Å². The molecule has 1 heterocycles. The van der Waals surface area contributed by atoms with Crippen LogP contribution in [0, 0.1) is 5.41 Å². The van der Waals surface area contributed by atoms with Gasteiger partial charge in [0.25, 0.3) is 0 Å². The highest BCUT2D eigenvalue weighted by molar-refractivity contribution is 5.76. The molecule has 1 fully saturated rings. The Hall–Kier alpha value is -1.10. The number of carbonyl (C=O) groups is 2. The van der Waals surface area contributed by atoms with E-state index in [0.29, 0.717) is 25.9 Å². The van der Waals surface area contributed by atoms with Crippen molar-refractivity contribution in [3.8, 4) is 0 Å². The van der Waals surface area contributed by atoms with E-state index in [1.807, 2.05) is 13.8 Å². The molecular formula is C12H20O5. The number of carboxylic acids is 1. The van der Waals surface area contributed by atoms with Crippen LogP contribution >= 0.6 is 0 Å². The molecule has 0 aliphatic carbocycles. The van der Waals surface area contributed by atoms with Gasteiger partial charge in [0.1, 0.15) is 0 Å². The Bertz CT molecular complexity index is 310. The fourth-order valence-electron chi connectivity index (χ4n) is 2.42. The highest BCUT2D eigenvalue weighted by Crippen LogP contribution is 2.42. The minimum Gasteiger partial charge on any atom is -0.481 e. The fraction of sp³-hybridized carbons (Fsp3) is 0.833. The van der Waals surface area contributed by atoms with E-state index >= 15 is 0 Å². The molecule has 5 nitrogen and oxygen atoms in total. The van der Waals surface area contributed by atoms with Gasteiger partial charge in [-0.25, -0.2) is 0 Å². The molecule has 98 valence electrons. The topological polar surface area (TPSA) is 72.8 Å². The van der Waals surface area contributed by atoms with Gasteiger partial charge in [0, 0.05) is 13.0 Å². The molecule has 1 atom stereocenters. The number of aliphatic carboxylic acids is 1. The average Bonchev–Trinajstić information content (AvgIpc) is 2.24. The van der Waals surface area contributed by atoms with Gasteiger partial charge >= 0.3 is 11.9 Å². The summed E-state index contributed by atoms with van der Waals surface area (Å²) in [5.74, 6) is -1.22. The minimum atomic E-state index is -0.865. The highest BCUT2D eigenvalue weighted by atomic mass is 16.5. The minimum absolute atomic E-state index is 0.138. The molecule has 1 aliphatic rings. The second-order valence-electron chi connectivity index (χ2n) is 5.20. The zero-order chi connectivity index (χ0) is 13.1. The van der Waals surface area contributed by atoms with Gasteiger partial charge in [-0.1, -0.05) is 0 Å².